The van der Waals surface area contributed by atoms with Gasteiger partial charge in [0.2, 0.25) is 11.8 Å². The third-order valence-corrected chi connectivity index (χ3v) is 0.976. The summed E-state index contributed by atoms with van der Waals surface area (Å²) in [4.78, 5) is 19.8. The second-order valence-electron chi connectivity index (χ2n) is 2.29. The lowest BCUT2D eigenvalue weighted by Gasteiger charge is -1.93. The van der Waals surface area contributed by atoms with E-state index in [9.17, 15) is 9.59 Å². The number of carbonyl (C=O) groups excluding carboxylic acids is 2. The standard InChI is InChI=1S/C5H11NO.C3H7NO/c1-3-4-6-5(2)7;1-3(5)4-2/h3-4H2,1-2H3,(H,6,7);1-2H3,(H,4,5). The molecule has 4 heteroatoms. The summed E-state index contributed by atoms with van der Waals surface area (Å²) in [6.07, 6.45) is 1.01. The SMILES string of the molecule is CCCNC(C)=O.CNC(C)=O. The summed E-state index contributed by atoms with van der Waals surface area (Å²) in [5, 5.41) is 5.05. The Hall–Kier alpha value is -1.06. The largest absolute Gasteiger partial charge is 0.359 e. The first kappa shape index (κ1) is 13.5. The highest BCUT2D eigenvalue weighted by molar-refractivity contribution is 5.72. The summed E-state index contributed by atoms with van der Waals surface area (Å²) >= 11 is 0. The van der Waals surface area contributed by atoms with E-state index in [0.29, 0.717) is 0 Å². The highest BCUT2D eigenvalue weighted by atomic mass is 16.1. The van der Waals surface area contributed by atoms with Crippen LogP contribution in [0.2, 0.25) is 0 Å². The van der Waals surface area contributed by atoms with Gasteiger partial charge < -0.3 is 10.6 Å². The van der Waals surface area contributed by atoms with Crippen LogP contribution in [0.5, 0.6) is 0 Å². The van der Waals surface area contributed by atoms with E-state index in [4.69, 9.17) is 0 Å². The van der Waals surface area contributed by atoms with Crippen molar-refractivity contribution in [2.24, 2.45) is 0 Å². The van der Waals surface area contributed by atoms with Crippen LogP contribution in [0.4, 0.5) is 0 Å². The van der Waals surface area contributed by atoms with Crippen molar-refractivity contribution in [2.45, 2.75) is 27.2 Å². The fraction of sp³-hybridized carbons (Fsp3) is 0.750. The molecule has 0 bridgehead atoms. The van der Waals surface area contributed by atoms with E-state index in [-0.39, 0.29) is 11.8 Å². The molecule has 0 spiro atoms. The zero-order chi connectivity index (χ0) is 9.98. The molecule has 0 saturated carbocycles. The topological polar surface area (TPSA) is 58.2 Å². The van der Waals surface area contributed by atoms with Gasteiger partial charge in [0.15, 0.2) is 0 Å². The van der Waals surface area contributed by atoms with Crippen LogP contribution < -0.4 is 10.6 Å². The van der Waals surface area contributed by atoms with Crippen molar-refractivity contribution in [2.75, 3.05) is 13.6 Å². The van der Waals surface area contributed by atoms with Gasteiger partial charge in [0.1, 0.15) is 0 Å². The van der Waals surface area contributed by atoms with Gasteiger partial charge in [-0.2, -0.15) is 0 Å². The van der Waals surface area contributed by atoms with Gasteiger partial charge in [-0.1, -0.05) is 6.92 Å². The molecule has 2 N–H and O–H groups in total. The first-order valence-corrected chi connectivity index (χ1v) is 3.97. The molecule has 4 nitrogen and oxygen atoms in total. The molecule has 0 aliphatic carbocycles. The van der Waals surface area contributed by atoms with Crippen LogP contribution in [-0.2, 0) is 9.59 Å². The lowest BCUT2D eigenvalue weighted by Crippen LogP contribution is -2.19. The summed E-state index contributed by atoms with van der Waals surface area (Å²) in [5.41, 5.74) is 0. The molecule has 0 aliphatic heterocycles. The van der Waals surface area contributed by atoms with Gasteiger partial charge in [-0.15, -0.1) is 0 Å². The lowest BCUT2D eigenvalue weighted by atomic mass is 10.5. The van der Waals surface area contributed by atoms with E-state index >= 15 is 0 Å². The molecule has 0 aromatic carbocycles. The van der Waals surface area contributed by atoms with Crippen molar-refractivity contribution < 1.29 is 9.59 Å². The van der Waals surface area contributed by atoms with Crippen LogP contribution in [0.15, 0.2) is 0 Å². The molecule has 72 valence electrons. The Balaban J connectivity index is 0. The van der Waals surface area contributed by atoms with E-state index in [2.05, 4.69) is 10.6 Å². The fourth-order valence-electron chi connectivity index (χ4n) is 0.301. The minimum Gasteiger partial charge on any atom is -0.359 e. The number of nitrogens with one attached hydrogen (secondary N) is 2. The normalized spacial score (nSPS) is 7.67. The third-order valence-electron chi connectivity index (χ3n) is 0.976. The van der Waals surface area contributed by atoms with Crippen LogP contribution in [0, 0.1) is 0 Å². The molecular formula is C8H18N2O2. The van der Waals surface area contributed by atoms with Gasteiger partial charge in [0.05, 0.1) is 0 Å². The first-order chi connectivity index (χ1) is 5.54. The van der Waals surface area contributed by atoms with E-state index in [1.54, 1.807) is 7.05 Å². The van der Waals surface area contributed by atoms with E-state index in [0.717, 1.165) is 13.0 Å². The molecule has 0 saturated heterocycles. The monoisotopic (exact) mass is 174 g/mol. The Morgan fingerprint density at radius 1 is 1.17 bits per heavy atom. The maximum absolute atomic E-state index is 10.1. The van der Waals surface area contributed by atoms with Crippen LogP contribution in [-0.4, -0.2) is 25.4 Å². The van der Waals surface area contributed by atoms with Gasteiger partial charge >= 0.3 is 0 Å². The predicted molar refractivity (Wildman–Crippen MR) is 48.7 cm³/mol. The number of carbonyl (C=O) groups is 2. The Labute approximate surface area is 73.7 Å². The molecule has 0 aromatic rings. The number of hydrogen-bond acceptors (Lipinski definition) is 2. The quantitative estimate of drug-likeness (QED) is 0.632. The van der Waals surface area contributed by atoms with Crippen molar-refractivity contribution in [1.82, 2.24) is 10.6 Å². The number of hydrogen-bond donors (Lipinski definition) is 2. The summed E-state index contributed by atoms with van der Waals surface area (Å²) in [5.74, 6) is 0.0619. The second kappa shape index (κ2) is 9.94. The molecule has 0 rings (SSSR count). The third kappa shape index (κ3) is 23.1. The summed E-state index contributed by atoms with van der Waals surface area (Å²) in [6, 6.07) is 0. The van der Waals surface area contributed by atoms with E-state index < -0.39 is 0 Å². The van der Waals surface area contributed by atoms with E-state index in [1.807, 2.05) is 6.92 Å². The Morgan fingerprint density at radius 2 is 1.58 bits per heavy atom. The van der Waals surface area contributed by atoms with E-state index in [1.165, 1.54) is 13.8 Å². The van der Waals surface area contributed by atoms with Crippen LogP contribution >= 0.6 is 0 Å². The van der Waals surface area contributed by atoms with Crippen molar-refractivity contribution in [3.8, 4) is 0 Å². The van der Waals surface area contributed by atoms with Crippen LogP contribution in [0.1, 0.15) is 27.2 Å². The molecule has 0 heterocycles. The van der Waals surface area contributed by atoms with Crippen molar-refractivity contribution in [3.63, 3.8) is 0 Å². The highest BCUT2D eigenvalue weighted by Crippen LogP contribution is 1.67. The maximum atomic E-state index is 10.1. The zero-order valence-corrected chi connectivity index (χ0v) is 8.23. The Kier molecular flexibility index (Phi) is 11.2. The van der Waals surface area contributed by atoms with Gasteiger partial charge in [0.25, 0.3) is 0 Å². The van der Waals surface area contributed by atoms with Crippen molar-refractivity contribution in [3.05, 3.63) is 0 Å². The first-order valence-electron chi connectivity index (χ1n) is 3.97. The smallest absolute Gasteiger partial charge is 0.216 e. The number of amides is 2. The minimum atomic E-state index is 0.00463. The predicted octanol–water partition coefficient (Wildman–Crippen LogP) is 0.285. The maximum Gasteiger partial charge on any atom is 0.216 e. The zero-order valence-electron chi connectivity index (χ0n) is 8.23. The van der Waals surface area contributed by atoms with Crippen LogP contribution in [0.25, 0.3) is 0 Å². The average Bonchev–Trinajstić information content (AvgIpc) is 2.02. The summed E-state index contributed by atoms with van der Waals surface area (Å²) in [6.45, 7) is 5.82. The summed E-state index contributed by atoms with van der Waals surface area (Å²) in [7, 11) is 1.60. The average molecular weight is 174 g/mol. The Morgan fingerprint density at radius 3 is 1.67 bits per heavy atom. The van der Waals surface area contributed by atoms with Gasteiger partial charge in [0, 0.05) is 27.4 Å². The molecule has 0 unspecified atom stereocenters. The molecular weight excluding hydrogens is 156 g/mol. The van der Waals surface area contributed by atoms with Gasteiger partial charge in [-0.3, -0.25) is 9.59 Å². The lowest BCUT2D eigenvalue weighted by molar-refractivity contribution is -0.119. The molecule has 0 aromatic heterocycles. The fourth-order valence-corrected chi connectivity index (χ4v) is 0.301. The number of rotatable bonds is 2. The molecule has 0 radical (unpaired) electrons. The molecule has 0 atom stereocenters. The van der Waals surface area contributed by atoms with Crippen molar-refractivity contribution in [1.29, 1.82) is 0 Å². The van der Waals surface area contributed by atoms with Crippen LogP contribution in [0.3, 0.4) is 0 Å². The van der Waals surface area contributed by atoms with Crippen molar-refractivity contribution >= 4 is 11.8 Å². The molecule has 0 aliphatic rings. The second-order valence-corrected chi connectivity index (χ2v) is 2.29. The molecule has 2 amide bonds. The minimum absolute atomic E-state index is 0.00463. The molecule has 0 fully saturated rings. The molecule has 12 heavy (non-hydrogen) atoms. The van der Waals surface area contributed by atoms with Gasteiger partial charge in [-0.05, 0) is 6.42 Å². The summed E-state index contributed by atoms with van der Waals surface area (Å²) < 4.78 is 0. The van der Waals surface area contributed by atoms with Gasteiger partial charge in [-0.25, -0.2) is 0 Å². The highest BCUT2D eigenvalue weighted by Gasteiger charge is 1.83. The Bertz CT molecular complexity index is 135.